The van der Waals surface area contributed by atoms with Crippen molar-refractivity contribution in [2.75, 3.05) is 33.2 Å². The highest BCUT2D eigenvalue weighted by atomic mass is 32.2. The number of esters is 1. The Kier molecular flexibility index (Phi) is 7.33. The van der Waals surface area contributed by atoms with Crippen molar-refractivity contribution in [2.45, 2.75) is 24.7 Å². The zero-order chi connectivity index (χ0) is 21.6. The molecule has 8 nitrogen and oxygen atoms in total. The molecule has 0 aliphatic rings. The van der Waals surface area contributed by atoms with Gasteiger partial charge in [-0.3, -0.25) is 4.72 Å². The predicted molar refractivity (Wildman–Crippen MR) is 109 cm³/mol. The van der Waals surface area contributed by atoms with Crippen molar-refractivity contribution in [3.05, 3.63) is 41.5 Å². The smallest absolute Gasteiger partial charge is 0.340 e. The molecule has 158 valence electrons. The maximum absolute atomic E-state index is 13.0. The lowest BCUT2D eigenvalue weighted by molar-refractivity contribution is 0.0601. The lowest BCUT2D eigenvalue weighted by Crippen LogP contribution is -2.17. The average Bonchev–Trinajstić information content (AvgIpc) is 2.72. The molecule has 0 saturated carbocycles. The molecule has 0 atom stereocenters. The number of ether oxygens (including phenoxy) is 4. The summed E-state index contributed by atoms with van der Waals surface area (Å²) in [4.78, 5) is 12.3. The molecule has 1 N–H and O–H groups in total. The predicted octanol–water partition coefficient (Wildman–Crippen LogP) is 3.25. The molecule has 9 heteroatoms. The van der Waals surface area contributed by atoms with Crippen LogP contribution in [0, 0.1) is 0 Å². The Morgan fingerprint density at radius 2 is 1.59 bits per heavy atom. The number of carbonyl (C=O) groups is 1. The van der Waals surface area contributed by atoms with Crippen LogP contribution >= 0.6 is 0 Å². The number of methoxy groups -OCH3 is 4. The maximum Gasteiger partial charge on any atom is 0.340 e. The number of carbonyl (C=O) groups excluding carboxylic acids is 1. The minimum absolute atomic E-state index is 0.00146. The summed E-state index contributed by atoms with van der Waals surface area (Å²) in [6.45, 7) is 2.05. The first kappa shape index (κ1) is 22.4. The second-order valence-corrected chi connectivity index (χ2v) is 7.74. The molecule has 2 aromatic rings. The van der Waals surface area contributed by atoms with Crippen LogP contribution in [0.5, 0.6) is 17.2 Å². The monoisotopic (exact) mass is 423 g/mol. The molecular weight excluding hydrogens is 398 g/mol. The summed E-state index contributed by atoms with van der Waals surface area (Å²) in [5.41, 5.74) is 0.855. The fourth-order valence-corrected chi connectivity index (χ4v) is 3.93. The molecule has 2 aromatic carbocycles. The molecule has 0 unspecified atom stereocenters. The quantitative estimate of drug-likeness (QED) is 0.618. The van der Waals surface area contributed by atoms with Crippen molar-refractivity contribution in [1.29, 1.82) is 0 Å². The number of benzene rings is 2. The Morgan fingerprint density at radius 1 is 0.966 bits per heavy atom. The standard InChI is InChI=1S/C20H25NO7S/c1-6-7-13-8-10-14(11-9-13)29(23,24)21-17-15(20(22)28-5)12-16(25-2)18(26-3)19(17)27-4/h8-12,21H,6-7H2,1-5H3. The number of anilines is 1. The number of sulfonamides is 1. The Bertz CT molecular complexity index is 969. The van der Waals surface area contributed by atoms with E-state index in [9.17, 15) is 13.2 Å². The number of hydrogen-bond donors (Lipinski definition) is 1. The van der Waals surface area contributed by atoms with Gasteiger partial charge in [-0.2, -0.15) is 0 Å². The third-order valence-electron chi connectivity index (χ3n) is 4.24. The molecular formula is C20H25NO7S. The largest absolute Gasteiger partial charge is 0.493 e. The van der Waals surface area contributed by atoms with E-state index in [0.29, 0.717) is 0 Å². The molecule has 0 aromatic heterocycles. The van der Waals surface area contributed by atoms with Gasteiger partial charge >= 0.3 is 5.97 Å². The van der Waals surface area contributed by atoms with E-state index in [1.165, 1.54) is 46.6 Å². The maximum atomic E-state index is 13.0. The molecule has 0 spiro atoms. The normalized spacial score (nSPS) is 10.9. The topological polar surface area (TPSA) is 100 Å². The van der Waals surface area contributed by atoms with E-state index in [4.69, 9.17) is 18.9 Å². The van der Waals surface area contributed by atoms with E-state index in [1.807, 2.05) is 6.92 Å². The third kappa shape index (κ3) is 4.73. The van der Waals surface area contributed by atoms with Crippen molar-refractivity contribution in [1.82, 2.24) is 0 Å². The summed E-state index contributed by atoms with van der Waals surface area (Å²) in [7, 11) is 1.27. The fourth-order valence-electron chi connectivity index (χ4n) is 2.85. The molecule has 0 aliphatic carbocycles. The van der Waals surface area contributed by atoms with Gasteiger partial charge in [-0.25, -0.2) is 13.2 Å². The summed E-state index contributed by atoms with van der Waals surface area (Å²) in [5.74, 6) is -0.436. The van der Waals surface area contributed by atoms with Gasteiger partial charge < -0.3 is 18.9 Å². The summed E-state index contributed by atoms with van der Waals surface area (Å²) in [6, 6.07) is 7.86. The van der Waals surface area contributed by atoms with Crippen molar-refractivity contribution >= 4 is 21.7 Å². The van der Waals surface area contributed by atoms with Crippen LogP contribution in [0.2, 0.25) is 0 Å². The van der Waals surface area contributed by atoms with Crippen LogP contribution in [-0.2, 0) is 21.2 Å². The molecule has 0 amide bonds. The van der Waals surface area contributed by atoms with Crippen molar-refractivity contribution in [2.24, 2.45) is 0 Å². The van der Waals surface area contributed by atoms with Gasteiger partial charge in [0.05, 0.1) is 38.9 Å². The van der Waals surface area contributed by atoms with E-state index in [0.717, 1.165) is 18.4 Å². The summed E-state index contributed by atoms with van der Waals surface area (Å²) in [6.07, 6.45) is 1.80. The number of aryl methyl sites for hydroxylation is 1. The summed E-state index contributed by atoms with van der Waals surface area (Å²) < 4.78 is 49.0. The van der Waals surface area contributed by atoms with Gasteiger partial charge in [0, 0.05) is 6.07 Å². The third-order valence-corrected chi connectivity index (χ3v) is 5.61. The number of hydrogen-bond acceptors (Lipinski definition) is 7. The van der Waals surface area contributed by atoms with E-state index in [1.54, 1.807) is 12.1 Å². The lowest BCUT2D eigenvalue weighted by atomic mass is 10.1. The van der Waals surface area contributed by atoms with Crippen LogP contribution in [0.25, 0.3) is 0 Å². The molecule has 0 saturated heterocycles. The van der Waals surface area contributed by atoms with Crippen LogP contribution in [-0.4, -0.2) is 42.8 Å². The van der Waals surface area contributed by atoms with Gasteiger partial charge in [0.15, 0.2) is 11.5 Å². The summed E-state index contributed by atoms with van der Waals surface area (Å²) >= 11 is 0. The van der Waals surface area contributed by atoms with Gasteiger partial charge in [-0.15, -0.1) is 0 Å². The first-order valence-corrected chi connectivity index (χ1v) is 10.3. The fraction of sp³-hybridized carbons (Fsp3) is 0.350. The Morgan fingerprint density at radius 3 is 2.07 bits per heavy atom. The Balaban J connectivity index is 2.60. The minimum atomic E-state index is -4.02. The van der Waals surface area contributed by atoms with Gasteiger partial charge in [0.25, 0.3) is 10.0 Å². The summed E-state index contributed by atoms with van der Waals surface area (Å²) in [5, 5.41) is 0. The van der Waals surface area contributed by atoms with Crippen LogP contribution in [0.15, 0.2) is 35.2 Å². The zero-order valence-electron chi connectivity index (χ0n) is 17.1. The van der Waals surface area contributed by atoms with Gasteiger partial charge in [0.1, 0.15) is 5.69 Å². The van der Waals surface area contributed by atoms with Gasteiger partial charge in [-0.05, 0) is 24.1 Å². The van der Waals surface area contributed by atoms with E-state index < -0.39 is 16.0 Å². The van der Waals surface area contributed by atoms with Gasteiger partial charge in [0.2, 0.25) is 5.75 Å². The lowest BCUT2D eigenvalue weighted by Gasteiger charge is -2.19. The number of rotatable bonds is 9. The van der Waals surface area contributed by atoms with E-state index in [-0.39, 0.29) is 33.4 Å². The van der Waals surface area contributed by atoms with E-state index >= 15 is 0 Å². The highest BCUT2D eigenvalue weighted by Gasteiger charge is 2.28. The van der Waals surface area contributed by atoms with Gasteiger partial charge in [-0.1, -0.05) is 25.5 Å². The van der Waals surface area contributed by atoms with Crippen LogP contribution < -0.4 is 18.9 Å². The van der Waals surface area contributed by atoms with Crippen LogP contribution in [0.1, 0.15) is 29.3 Å². The molecule has 0 radical (unpaired) electrons. The van der Waals surface area contributed by atoms with Crippen molar-refractivity contribution in [3.63, 3.8) is 0 Å². The Labute approximate surface area is 170 Å². The van der Waals surface area contributed by atoms with E-state index in [2.05, 4.69) is 4.72 Å². The average molecular weight is 423 g/mol. The van der Waals surface area contributed by atoms with Crippen LogP contribution in [0.3, 0.4) is 0 Å². The minimum Gasteiger partial charge on any atom is -0.493 e. The highest BCUT2D eigenvalue weighted by Crippen LogP contribution is 2.46. The zero-order valence-corrected chi connectivity index (χ0v) is 17.9. The molecule has 29 heavy (non-hydrogen) atoms. The first-order chi connectivity index (χ1) is 13.8. The first-order valence-electron chi connectivity index (χ1n) is 8.85. The Hall–Kier alpha value is -2.94. The second kappa shape index (κ2) is 9.51. The second-order valence-electron chi connectivity index (χ2n) is 6.06. The highest BCUT2D eigenvalue weighted by molar-refractivity contribution is 7.92. The molecule has 0 heterocycles. The molecule has 0 bridgehead atoms. The van der Waals surface area contributed by atoms with Crippen molar-refractivity contribution < 1.29 is 32.2 Å². The SMILES string of the molecule is CCCc1ccc(S(=O)(=O)Nc2c(C(=O)OC)cc(OC)c(OC)c2OC)cc1. The van der Waals surface area contributed by atoms with Crippen LogP contribution in [0.4, 0.5) is 5.69 Å². The number of nitrogens with one attached hydrogen (secondary N) is 1. The molecule has 2 rings (SSSR count). The van der Waals surface area contributed by atoms with Crippen molar-refractivity contribution in [3.8, 4) is 17.2 Å². The molecule has 0 fully saturated rings. The molecule has 0 aliphatic heterocycles.